The van der Waals surface area contributed by atoms with Gasteiger partial charge in [-0.3, -0.25) is 4.79 Å². The van der Waals surface area contributed by atoms with E-state index in [-0.39, 0.29) is 17.9 Å². The Morgan fingerprint density at radius 1 is 1.00 bits per heavy atom. The molecule has 2 heterocycles. The minimum absolute atomic E-state index is 0.0251. The lowest BCUT2D eigenvalue weighted by molar-refractivity contribution is -0.127. The van der Waals surface area contributed by atoms with Gasteiger partial charge in [-0.1, -0.05) is 42.5 Å². The fourth-order valence-corrected chi connectivity index (χ4v) is 4.02. The Morgan fingerprint density at radius 2 is 1.76 bits per heavy atom. The Bertz CT molecular complexity index is 1050. The lowest BCUT2D eigenvalue weighted by atomic mass is 10.0. The highest BCUT2D eigenvalue weighted by Crippen LogP contribution is 2.25. The van der Waals surface area contributed by atoms with Crippen molar-refractivity contribution >= 4 is 28.7 Å². The number of fused-ring (bicyclic) bond motifs is 1. The van der Waals surface area contributed by atoms with Gasteiger partial charge in [0.25, 0.3) is 0 Å². The Kier molecular flexibility index (Phi) is 5.47. The zero-order valence-electron chi connectivity index (χ0n) is 16.5. The maximum absolute atomic E-state index is 12.7. The van der Waals surface area contributed by atoms with Crippen molar-refractivity contribution in [3.8, 4) is 0 Å². The average molecular weight is 388 g/mol. The standard InChI is InChI=1S/C24H24N2O3/c1-29-24(28)22-10-5-15-26(22)20-13-16-25(17-14-20)23(27)12-11-19-8-4-7-18-6-2-3-9-21(18)19/h2-12,15,20H,13-14,16-17H2,1H3/b12-11+. The molecule has 0 saturated carbocycles. The van der Waals surface area contributed by atoms with Gasteiger partial charge in [-0.05, 0) is 47.4 Å². The van der Waals surface area contributed by atoms with Crippen LogP contribution in [-0.4, -0.2) is 41.5 Å². The van der Waals surface area contributed by atoms with Crippen LogP contribution in [0.25, 0.3) is 16.8 Å². The predicted molar refractivity (Wildman–Crippen MR) is 114 cm³/mol. The van der Waals surface area contributed by atoms with E-state index in [1.54, 1.807) is 12.1 Å². The topological polar surface area (TPSA) is 51.5 Å². The lowest BCUT2D eigenvalue weighted by Gasteiger charge is -2.32. The van der Waals surface area contributed by atoms with Crippen molar-refractivity contribution in [2.75, 3.05) is 20.2 Å². The molecule has 1 aliphatic rings. The Morgan fingerprint density at radius 3 is 2.55 bits per heavy atom. The molecule has 1 amide bonds. The molecule has 4 rings (SSSR count). The molecule has 1 saturated heterocycles. The van der Waals surface area contributed by atoms with Crippen LogP contribution >= 0.6 is 0 Å². The molecule has 1 aliphatic heterocycles. The summed E-state index contributed by atoms with van der Waals surface area (Å²) in [6, 6.07) is 18.1. The third kappa shape index (κ3) is 3.94. The number of rotatable bonds is 4. The summed E-state index contributed by atoms with van der Waals surface area (Å²) in [5, 5.41) is 2.30. The van der Waals surface area contributed by atoms with Gasteiger partial charge in [0.15, 0.2) is 0 Å². The highest BCUT2D eigenvalue weighted by molar-refractivity contribution is 5.96. The summed E-state index contributed by atoms with van der Waals surface area (Å²) < 4.78 is 6.83. The summed E-state index contributed by atoms with van der Waals surface area (Å²) in [7, 11) is 1.39. The number of piperidine rings is 1. The zero-order chi connectivity index (χ0) is 20.2. The molecular weight excluding hydrogens is 364 g/mol. The second-order valence-electron chi connectivity index (χ2n) is 7.25. The fourth-order valence-electron chi connectivity index (χ4n) is 4.02. The van der Waals surface area contributed by atoms with Gasteiger partial charge in [-0.15, -0.1) is 0 Å². The van der Waals surface area contributed by atoms with Crippen molar-refractivity contribution in [2.45, 2.75) is 18.9 Å². The summed E-state index contributed by atoms with van der Waals surface area (Å²) in [4.78, 5) is 26.5. The molecule has 5 nitrogen and oxygen atoms in total. The molecule has 3 aromatic rings. The third-order valence-electron chi connectivity index (χ3n) is 5.57. The number of esters is 1. The SMILES string of the molecule is COC(=O)c1cccn1C1CCN(C(=O)/C=C/c2cccc3ccccc23)CC1. The molecule has 5 heteroatoms. The summed E-state index contributed by atoms with van der Waals surface area (Å²) in [5.41, 5.74) is 1.61. The molecule has 0 unspecified atom stereocenters. The molecule has 2 aromatic carbocycles. The Hall–Kier alpha value is -3.34. The second-order valence-corrected chi connectivity index (χ2v) is 7.25. The molecular formula is C24H24N2O3. The number of hydrogen-bond donors (Lipinski definition) is 0. The van der Waals surface area contributed by atoms with Crippen LogP contribution in [0.3, 0.4) is 0 Å². The van der Waals surface area contributed by atoms with Crippen LogP contribution in [0.2, 0.25) is 0 Å². The normalized spacial score (nSPS) is 15.1. The van der Waals surface area contributed by atoms with Crippen molar-refractivity contribution in [1.29, 1.82) is 0 Å². The molecule has 0 atom stereocenters. The van der Waals surface area contributed by atoms with Crippen LogP contribution in [-0.2, 0) is 9.53 Å². The smallest absolute Gasteiger partial charge is 0.354 e. The lowest BCUT2D eigenvalue weighted by Crippen LogP contribution is -2.38. The van der Waals surface area contributed by atoms with Crippen molar-refractivity contribution in [2.24, 2.45) is 0 Å². The summed E-state index contributed by atoms with van der Waals surface area (Å²) >= 11 is 0. The number of methoxy groups -OCH3 is 1. The number of ether oxygens (including phenoxy) is 1. The van der Waals surface area contributed by atoms with Gasteiger partial charge in [0, 0.05) is 31.4 Å². The first-order valence-electron chi connectivity index (χ1n) is 9.87. The van der Waals surface area contributed by atoms with Crippen molar-refractivity contribution < 1.29 is 14.3 Å². The van der Waals surface area contributed by atoms with Crippen molar-refractivity contribution in [3.63, 3.8) is 0 Å². The largest absolute Gasteiger partial charge is 0.464 e. The average Bonchev–Trinajstić information content (AvgIpc) is 3.27. The highest BCUT2D eigenvalue weighted by atomic mass is 16.5. The van der Waals surface area contributed by atoms with Crippen LogP contribution in [0.15, 0.2) is 66.9 Å². The predicted octanol–water partition coefficient (Wildman–Crippen LogP) is 4.30. The minimum atomic E-state index is -0.327. The van der Waals surface area contributed by atoms with Gasteiger partial charge in [-0.25, -0.2) is 4.79 Å². The number of likely N-dealkylation sites (tertiary alicyclic amines) is 1. The zero-order valence-corrected chi connectivity index (χ0v) is 16.5. The minimum Gasteiger partial charge on any atom is -0.464 e. The Labute approximate surface area is 170 Å². The molecule has 1 fully saturated rings. The first-order chi connectivity index (χ1) is 14.2. The number of carbonyl (C=O) groups is 2. The van der Waals surface area contributed by atoms with E-state index in [2.05, 4.69) is 18.2 Å². The number of hydrogen-bond acceptors (Lipinski definition) is 3. The second kappa shape index (κ2) is 8.35. The molecule has 0 radical (unpaired) electrons. The maximum Gasteiger partial charge on any atom is 0.354 e. The number of amides is 1. The van der Waals surface area contributed by atoms with E-state index < -0.39 is 0 Å². The first-order valence-corrected chi connectivity index (χ1v) is 9.87. The van der Waals surface area contributed by atoms with Gasteiger partial charge in [0.05, 0.1) is 7.11 Å². The molecule has 1 aromatic heterocycles. The molecule has 0 spiro atoms. The quantitative estimate of drug-likeness (QED) is 0.494. The van der Waals surface area contributed by atoms with Gasteiger partial charge in [0.1, 0.15) is 5.69 Å². The van der Waals surface area contributed by atoms with Gasteiger partial charge in [-0.2, -0.15) is 0 Å². The van der Waals surface area contributed by atoms with E-state index >= 15 is 0 Å². The molecule has 29 heavy (non-hydrogen) atoms. The van der Waals surface area contributed by atoms with Crippen molar-refractivity contribution in [3.05, 3.63) is 78.1 Å². The first kappa shape index (κ1) is 19.0. The summed E-state index contributed by atoms with van der Waals surface area (Å²) in [5.74, 6) is -0.302. The van der Waals surface area contributed by atoms with E-state index in [9.17, 15) is 9.59 Å². The van der Waals surface area contributed by atoms with E-state index in [4.69, 9.17) is 4.74 Å². The molecule has 148 valence electrons. The maximum atomic E-state index is 12.7. The number of aromatic nitrogens is 1. The van der Waals surface area contributed by atoms with Crippen LogP contribution in [0, 0.1) is 0 Å². The van der Waals surface area contributed by atoms with Crippen LogP contribution in [0.5, 0.6) is 0 Å². The van der Waals surface area contributed by atoms with Gasteiger partial charge >= 0.3 is 5.97 Å². The number of nitrogens with zero attached hydrogens (tertiary/aromatic N) is 2. The van der Waals surface area contributed by atoms with E-state index in [0.29, 0.717) is 18.8 Å². The molecule has 0 N–H and O–H groups in total. The summed E-state index contributed by atoms with van der Waals surface area (Å²) in [6.07, 6.45) is 7.10. The number of carbonyl (C=O) groups excluding carboxylic acids is 2. The number of benzene rings is 2. The third-order valence-corrected chi connectivity index (χ3v) is 5.57. The van der Waals surface area contributed by atoms with Crippen LogP contribution < -0.4 is 0 Å². The summed E-state index contributed by atoms with van der Waals surface area (Å²) in [6.45, 7) is 1.34. The van der Waals surface area contributed by atoms with Crippen molar-refractivity contribution in [1.82, 2.24) is 9.47 Å². The molecule has 0 aliphatic carbocycles. The van der Waals surface area contributed by atoms with Crippen LogP contribution in [0.1, 0.15) is 34.9 Å². The van der Waals surface area contributed by atoms with Gasteiger partial charge in [0.2, 0.25) is 5.91 Å². The monoisotopic (exact) mass is 388 g/mol. The van der Waals surface area contributed by atoms with Gasteiger partial charge < -0.3 is 14.2 Å². The fraction of sp³-hybridized carbons (Fsp3) is 0.250. The molecule has 0 bridgehead atoms. The highest BCUT2D eigenvalue weighted by Gasteiger charge is 2.25. The Balaban J connectivity index is 1.41. The van der Waals surface area contributed by atoms with E-state index in [1.165, 1.54) is 7.11 Å². The van der Waals surface area contributed by atoms with Crippen LogP contribution in [0.4, 0.5) is 0 Å². The van der Waals surface area contributed by atoms with E-state index in [1.807, 2.05) is 52.1 Å². The van der Waals surface area contributed by atoms with E-state index in [0.717, 1.165) is 29.2 Å².